The largest absolute Gasteiger partial charge is 0.494 e. The molecule has 0 aromatic heterocycles. The smallest absolute Gasteiger partial charge is 0.273 e. The topological polar surface area (TPSA) is 76.4 Å². The number of aryl methyl sites for hydroxylation is 2. The number of para-hydroxylation sites is 1. The van der Waals surface area contributed by atoms with Gasteiger partial charge in [-0.15, -0.1) is 0 Å². The average molecular weight is 345 g/mol. The number of nitrogens with one attached hydrogen (secondary N) is 2. The Labute approximate surface area is 146 Å². The van der Waals surface area contributed by atoms with Crippen LogP contribution < -0.4 is 15.4 Å². The number of nitro groups is 1. The van der Waals surface area contributed by atoms with E-state index >= 15 is 0 Å². The van der Waals surface area contributed by atoms with Gasteiger partial charge in [0.25, 0.3) is 5.69 Å². The van der Waals surface area contributed by atoms with Crippen molar-refractivity contribution in [3.63, 3.8) is 0 Å². The van der Waals surface area contributed by atoms with Crippen LogP contribution in [0, 0.1) is 17.0 Å². The first-order valence-corrected chi connectivity index (χ1v) is 7.86. The van der Waals surface area contributed by atoms with Crippen molar-refractivity contribution < 1.29 is 9.66 Å². The van der Waals surface area contributed by atoms with Crippen LogP contribution in [0.15, 0.2) is 36.4 Å². The molecule has 0 saturated heterocycles. The summed E-state index contributed by atoms with van der Waals surface area (Å²) in [6.45, 7) is 4.09. The molecule has 0 aliphatic heterocycles. The van der Waals surface area contributed by atoms with E-state index in [-0.39, 0.29) is 5.69 Å². The zero-order valence-corrected chi connectivity index (χ0v) is 14.6. The quantitative estimate of drug-likeness (QED) is 0.478. The minimum Gasteiger partial charge on any atom is -0.494 e. The van der Waals surface area contributed by atoms with E-state index in [0.29, 0.717) is 16.5 Å². The molecule has 0 spiro atoms. The molecule has 0 aliphatic rings. The van der Waals surface area contributed by atoms with Crippen molar-refractivity contribution in [3.8, 4) is 5.75 Å². The van der Waals surface area contributed by atoms with E-state index in [0.717, 1.165) is 23.2 Å². The Morgan fingerprint density at radius 3 is 2.67 bits per heavy atom. The highest BCUT2D eigenvalue weighted by Gasteiger charge is 2.13. The molecule has 24 heavy (non-hydrogen) atoms. The fourth-order valence-electron chi connectivity index (χ4n) is 2.37. The van der Waals surface area contributed by atoms with Gasteiger partial charge in [-0.25, -0.2) is 0 Å². The lowest BCUT2D eigenvalue weighted by Gasteiger charge is -2.17. The zero-order valence-electron chi connectivity index (χ0n) is 13.8. The Morgan fingerprint density at radius 1 is 1.29 bits per heavy atom. The van der Waals surface area contributed by atoms with Gasteiger partial charge >= 0.3 is 0 Å². The van der Waals surface area contributed by atoms with Crippen molar-refractivity contribution in [2.45, 2.75) is 20.3 Å². The number of thiocarbonyl (C=S) groups is 1. The Kier molecular flexibility index (Phi) is 5.70. The van der Waals surface area contributed by atoms with E-state index < -0.39 is 4.92 Å². The summed E-state index contributed by atoms with van der Waals surface area (Å²) in [5, 5.41) is 17.5. The number of rotatable bonds is 5. The molecular weight excluding hydrogens is 326 g/mol. The van der Waals surface area contributed by atoms with E-state index in [9.17, 15) is 10.1 Å². The number of hydrogen-bond acceptors (Lipinski definition) is 4. The fourth-order valence-corrected chi connectivity index (χ4v) is 2.58. The van der Waals surface area contributed by atoms with Gasteiger partial charge in [-0.3, -0.25) is 10.1 Å². The van der Waals surface area contributed by atoms with Crippen molar-refractivity contribution in [3.05, 3.63) is 57.6 Å². The maximum Gasteiger partial charge on any atom is 0.273 e. The monoisotopic (exact) mass is 345 g/mol. The molecule has 0 saturated carbocycles. The Bertz CT molecular complexity index is 778. The van der Waals surface area contributed by atoms with Crippen LogP contribution in [0.4, 0.5) is 17.1 Å². The molecule has 0 bridgehead atoms. The lowest BCUT2D eigenvalue weighted by Crippen LogP contribution is -2.21. The first-order valence-electron chi connectivity index (χ1n) is 7.45. The highest BCUT2D eigenvalue weighted by atomic mass is 32.1. The van der Waals surface area contributed by atoms with Crippen molar-refractivity contribution in [2.75, 3.05) is 17.7 Å². The predicted octanol–water partition coefficient (Wildman–Crippen LogP) is 4.28. The van der Waals surface area contributed by atoms with E-state index in [1.54, 1.807) is 6.07 Å². The third-order valence-corrected chi connectivity index (χ3v) is 3.83. The summed E-state index contributed by atoms with van der Waals surface area (Å²) < 4.78 is 5.20. The molecule has 2 N–H and O–H groups in total. The van der Waals surface area contributed by atoms with Gasteiger partial charge in [0.15, 0.2) is 5.11 Å². The van der Waals surface area contributed by atoms with Crippen LogP contribution in [0.25, 0.3) is 0 Å². The number of nitro benzene ring substituents is 1. The maximum absolute atomic E-state index is 10.8. The van der Waals surface area contributed by atoms with E-state index in [2.05, 4.69) is 17.6 Å². The average Bonchev–Trinajstić information content (AvgIpc) is 2.56. The summed E-state index contributed by atoms with van der Waals surface area (Å²) in [4.78, 5) is 10.4. The molecule has 2 aromatic carbocycles. The van der Waals surface area contributed by atoms with Crippen molar-refractivity contribution in [1.82, 2.24) is 0 Å². The van der Waals surface area contributed by atoms with Crippen LogP contribution in [0.1, 0.15) is 18.1 Å². The summed E-state index contributed by atoms with van der Waals surface area (Å²) in [6.07, 6.45) is 0.882. The van der Waals surface area contributed by atoms with Crippen LogP contribution in [0.5, 0.6) is 5.75 Å². The highest BCUT2D eigenvalue weighted by molar-refractivity contribution is 7.80. The molecule has 0 fully saturated rings. The summed E-state index contributed by atoms with van der Waals surface area (Å²) >= 11 is 5.37. The lowest BCUT2D eigenvalue weighted by molar-refractivity contribution is -0.384. The number of non-ortho nitro benzene ring substituents is 1. The summed E-state index contributed by atoms with van der Waals surface area (Å²) in [7, 11) is 1.46. The third-order valence-electron chi connectivity index (χ3n) is 3.62. The first-order chi connectivity index (χ1) is 11.5. The molecule has 2 aromatic rings. The minimum atomic E-state index is -0.469. The number of ether oxygens (including phenoxy) is 1. The molecule has 2 rings (SSSR count). The summed E-state index contributed by atoms with van der Waals surface area (Å²) in [6, 6.07) is 10.4. The van der Waals surface area contributed by atoms with E-state index in [1.807, 2.05) is 25.1 Å². The molecule has 0 radical (unpaired) electrons. The molecule has 0 unspecified atom stereocenters. The van der Waals surface area contributed by atoms with Crippen LogP contribution in [-0.4, -0.2) is 17.1 Å². The second-order valence-corrected chi connectivity index (χ2v) is 5.59. The Hall–Kier alpha value is -2.67. The molecular formula is C17H19N3O3S. The van der Waals surface area contributed by atoms with Crippen LogP contribution in [0.3, 0.4) is 0 Å². The molecule has 0 atom stereocenters. The van der Waals surface area contributed by atoms with Crippen LogP contribution in [0.2, 0.25) is 0 Å². The Morgan fingerprint density at radius 2 is 2.04 bits per heavy atom. The maximum atomic E-state index is 10.8. The number of methoxy groups -OCH3 is 1. The normalized spacial score (nSPS) is 10.1. The highest BCUT2D eigenvalue weighted by Crippen LogP contribution is 2.29. The van der Waals surface area contributed by atoms with Gasteiger partial charge < -0.3 is 15.4 Å². The van der Waals surface area contributed by atoms with Gasteiger partial charge in [-0.2, -0.15) is 0 Å². The first kappa shape index (κ1) is 17.7. The number of benzene rings is 2. The second-order valence-electron chi connectivity index (χ2n) is 5.18. The van der Waals surface area contributed by atoms with Gasteiger partial charge in [0, 0.05) is 11.8 Å². The number of anilines is 2. The number of nitrogens with zero attached hydrogens (tertiary/aromatic N) is 1. The molecule has 0 heterocycles. The standard InChI is InChI=1S/C17H19N3O3S/c1-4-12-7-5-6-11(2)16(12)19-17(24)18-14-9-8-13(20(21)22)10-15(14)23-3/h5-10H,4H2,1-3H3,(H2,18,19,24). The molecule has 0 aliphatic carbocycles. The fraction of sp³-hybridized carbons (Fsp3) is 0.235. The predicted molar refractivity (Wildman–Crippen MR) is 100 cm³/mol. The lowest BCUT2D eigenvalue weighted by atomic mass is 10.1. The van der Waals surface area contributed by atoms with Crippen molar-refractivity contribution in [1.29, 1.82) is 0 Å². The molecule has 6 nitrogen and oxygen atoms in total. The third kappa shape index (κ3) is 3.99. The van der Waals surface area contributed by atoms with Crippen molar-refractivity contribution in [2.24, 2.45) is 0 Å². The van der Waals surface area contributed by atoms with Gasteiger partial charge in [-0.1, -0.05) is 25.1 Å². The number of hydrogen-bond donors (Lipinski definition) is 2. The van der Waals surface area contributed by atoms with E-state index in [4.69, 9.17) is 17.0 Å². The van der Waals surface area contributed by atoms with Gasteiger partial charge in [-0.05, 0) is 42.8 Å². The molecule has 7 heteroatoms. The summed E-state index contributed by atoms with van der Waals surface area (Å²) in [5.41, 5.74) is 3.75. The van der Waals surface area contributed by atoms with Gasteiger partial charge in [0.2, 0.25) is 0 Å². The van der Waals surface area contributed by atoms with Gasteiger partial charge in [0.1, 0.15) is 5.75 Å². The Balaban J connectivity index is 2.20. The molecule has 126 valence electrons. The minimum absolute atomic E-state index is 0.0385. The van der Waals surface area contributed by atoms with E-state index in [1.165, 1.54) is 19.2 Å². The molecule has 0 amide bonds. The zero-order chi connectivity index (χ0) is 17.7. The van der Waals surface area contributed by atoms with Crippen LogP contribution in [-0.2, 0) is 6.42 Å². The van der Waals surface area contributed by atoms with Crippen LogP contribution >= 0.6 is 12.2 Å². The SMILES string of the molecule is CCc1cccc(C)c1NC(=S)Nc1ccc([N+](=O)[O-])cc1OC. The van der Waals surface area contributed by atoms with Crippen molar-refractivity contribution >= 4 is 34.4 Å². The van der Waals surface area contributed by atoms with Gasteiger partial charge in [0.05, 0.1) is 23.8 Å². The summed E-state index contributed by atoms with van der Waals surface area (Å²) in [5.74, 6) is 0.355. The second kappa shape index (κ2) is 7.74.